The second-order valence-electron chi connectivity index (χ2n) is 5.39. The summed E-state index contributed by atoms with van der Waals surface area (Å²) in [5, 5.41) is 20.5. The summed E-state index contributed by atoms with van der Waals surface area (Å²) in [6, 6.07) is 0. The maximum atomic E-state index is 9.93. The number of rotatable bonds is 1. The van der Waals surface area contributed by atoms with E-state index >= 15 is 0 Å². The molecule has 4 heteroatoms. The van der Waals surface area contributed by atoms with Gasteiger partial charge < -0.3 is 10.3 Å². The third-order valence-electron chi connectivity index (χ3n) is 2.98. The van der Waals surface area contributed by atoms with Crippen molar-refractivity contribution in [2.75, 3.05) is 6.61 Å². The quantitative estimate of drug-likeness (QED) is 0.715. The molecule has 86 valence electrons. The Bertz CT molecular complexity index is 177. The molecule has 14 heavy (non-hydrogen) atoms. The van der Waals surface area contributed by atoms with Crippen molar-refractivity contribution >= 4 is 12.4 Å². The summed E-state index contributed by atoms with van der Waals surface area (Å²) >= 11 is 0. The van der Waals surface area contributed by atoms with Gasteiger partial charge in [-0.25, -0.2) is 0 Å². The fraction of sp³-hybridized carbons (Fsp3) is 1.00. The van der Waals surface area contributed by atoms with Crippen LogP contribution in [0.15, 0.2) is 0 Å². The first-order valence-electron chi connectivity index (χ1n) is 4.90. The van der Waals surface area contributed by atoms with Gasteiger partial charge in [-0.05, 0) is 46.5 Å². The SMILES string of the molecule is CC1(C)CC(CO)CC(C)(C)N1O.Cl. The minimum atomic E-state index is -0.227. The average molecular weight is 224 g/mol. The molecule has 0 amide bonds. The van der Waals surface area contributed by atoms with Crippen LogP contribution in [0.4, 0.5) is 0 Å². The van der Waals surface area contributed by atoms with Crippen molar-refractivity contribution in [3.05, 3.63) is 0 Å². The van der Waals surface area contributed by atoms with Crippen molar-refractivity contribution < 1.29 is 10.3 Å². The summed E-state index contributed by atoms with van der Waals surface area (Å²) in [6.45, 7) is 8.26. The van der Waals surface area contributed by atoms with Crippen molar-refractivity contribution in [1.82, 2.24) is 5.06 Å². The average Bonchev–Trinajstić information content (AvgIpc) is 1.99. The Balaban J connectivity index is 0.00000169. The molecule has 1 aliphatic rings. The molecule has 0 unspecified atom stereocenters. The van der Waals surface area contributed by atoms with Crippen LogP contribution >= 0.6 is 12.4 Å². The van der Waals surface area contributed by atoms with Crippen LogP contribution < -0.4 is 0 Å². The first-order chi connectivity index (χ1) is 5.79. The molecule has 0 aromatic carbocycles. The van der Waals surface area contributed by atoms with E-state index in [0.717, 1.165) is 12.8 Å². The Kier molecular flexibility index (Phi) is 4.41. The van der Waals surface area contributed by atoms with E-state index in [1.54, 1.807) is 0 Å². The molecule has 0 saturated carbocycles. The summed E-state index contributed by atoms with van der Waals surface area (Å²) in [6.07, 6.45) is 1.70. The highest BCUT2D eigenvalue weighted by Gasteiger charge is 2.44. The molecule has 0 radical (unpaired) electrons. The minimum Gasteiger partial charge on any atom is -0.396 e. The molecule has 2 N–H and O–H groups in total. The molecule has 1 saturated heterocycles. The van der Waals surface area contributed by atoms with E-state index in [1.165, 1.54) is 5.06 Å². The van der Waals surface area contributed by atoms with Crippen molar-refractivity contribution in [2.24, 2.45) is 5.92 Å². The van der Waals surface area contributed by atoms with E-state index in [1.807, 2.05) is 27.7 Å². The summed E-state index contributed by atoms with van der Waals surface area (Å²) in [5.41, 5.74) is -0.454. The van der Waals surface area contributed by atoms with Gasteiger partial charge in [0.2, 0.25) is 0 Å². The third kappa shape index (κ3) is 2.60. The van der Waals surface area contributed by atoms with Crippen LogP contribution in [0.2, 0.25) is 0 Å². The van der Waals surface area contributed by atoms with E-state index in [9.17, 15) is 5.21 Å². The van der Waals surface area contributed by atoms with Crippen molar-refractivity contribution in [3.63, 3.8) is 0 Å². The molecule has 3 nitrogen and oxygen atoms in total. The lowest BCUT2D eigenvalue weighted by Gasteiger charge is -2.51. The molecular formula is C10H22ClNO2. The van der Waals surface area contributed by atoms with Crippen molar-refractivity contribution in [3.8, 4) is 0 Å². The zero-order chi connectivity index (χ0) is 10.3. The molecule has 0 atom stereocenters. The van der Waals surface area contributed by atoms with Crippen LogP contribution in [-0.4, -0.2) is 33.1 Å². The second-order valence-corrected chi connectivity index (χ2v) is 5.39. The van der Waals surface area contributed by atoms with Crippen molar-refractivity contribution in [2.45, 2.75) is 51.6 Å². The van der Waals surface area contributed by atoms with Crippen molar-refractivity contribution in [1.29, 1.82) is 0 Å². The van der Waals surface area contributed by atoms with Gasteiger partial charge in [0.1, 0.15) is 0 Å². The Morgan fingerprint density at radius 3 is 1.79 bits per heavy atom. The molecule has 1 fully saturated rings. The van der Waals surface area contributed by atoms with Crippen LogP contribution in [0.25, 0.3) is 0 Å². The minimum absolute atomic E-state index is 0. The molecule has 1 heterocycles. The van der Waals surface area contributed by atoms with Crippen LogP contribution in [-0.2, 0) is 0 Å². The van der Waals surface area contributed by atoms with Crippen LogP contribution in [0, 0.1) is 5.92 Å². The van der Waals surface area contributed by atoms with Gasteiger partial charge in [0, 0.05) is 17.7 Å². The highest BCUT2D eigenvalue weighted by atomic mass is 35.5. The zero-order valence-electron chi connectivity index (χ0n) is 9.45. The maximum absolute atomic E-state index is 9.93. The smallest absolute Gasteiger partial charge is 0.0460 e. The Morgan fingerprint density at radius 2 is 1.50 bits per heavy atom. The lowest BCUT2D eigenvalue weighted by atomic mass is 9.76. The fourth-order valence-electron chi connectivity index (χ4n) is 2.61. The van der Waals surface area contributed by atoms with E-state index in [4.69, 9.17) is 5.11 Å². The standard InChI is InChI=1S/C10H21NO2.ClH/c1-9(2)5-8(7-12)6-10(3,4)11(9)13;/h8,12-13H,5-7H2,1-4H3;1H. The lowest BCUT2D eigenvalue weighted by Crippen LogP contribution is -2.59. The van der Waals surface area contributed by atoms with Gasteiger partial charge in [0.05, 0.1) is 0 Å². The number of aliphatic hydroxyl groups excluding tert-OH is 1. The first kappa shape index (κ1) is 14.2. The third-order valence-corrected chi connectivity index (χ3v) is 2.98. The van der Waals surface area contributed by atoms with Gasteiger partial charge in [-0.3, -0.25) is 0 Å². The predicted octanol–water partition coefficient (Wildman–Crippen LogP) is 2.06. The summed E-state index contributed by atoms with van der Waals surface area (Å²) in [7, 11) is 0. The molecule has 1 aliphatic heterocycles. The van der Waals surface area contributed by atoms with E-state index < -0.39 is 0 Å². The number of hydrogen-bond acceptors (Lipinski definition) is 3. The number of aliphatic hydroxyl groups is 1. The van der Waals surface area contributed by atoms with E-state index in [2.05, 4.69) is 0 Å². The molecule has 0 aromatic rings. The van der Waals surface area contributed by atoms with Gasteiger partial charge in [0.15, 0.2) is 0 Å². The number of halogens is 1. The van der Waals surface area contributed by atoms with Crippen LogP contribution in [0.3, 0.4) is 0 Å². The Labute approximate surface area is 92.5 Å². The highest BCUT2D eigenvalue weighted by Crippen LogP contribution is 2.39. The zero-order valence-corrected chi connectivity index (χ0v) is 10.3. The Morgan fingerprint density at radius 1 is 1.14 bits per heavy atom. The van der Waals surface area contributed by atoms with Gasteiger partial charge >= 0.3 is 0 Å². The molecular weight excluding hydrogens is 202 g/mol. The van der Waals surface area contributed by atoms with E-state index in [-0.39, 0.29) is 30.1 Å². The summed E-state index contributed by atoms with van der Waals surface area (Å²) < 4.78 is 0. The lowest BCUT2D eigenvalue weighted by molar-refractivity contribution is -0.252. The largest absolute Gasteiger partial charge is 0.396 e. The summed E-state index contributed by atoms with van der Waals surface area (Å²) in [5.74, 6) is 0.313. The molecule has 0 spiro atoms. The van der Waals surface area contributed by atoms with Crippen LogP contribution in [0.5, 0.6) is 0 Å². The fourth-order valence-corrected chi connectivity index (χ4v) is 2.61. The molecule has 0 aromatic heterocycles. The van der Waals surface area contributed by atoms with Gasteiger partial charge in [-0.1, -0.05) is 0 Å². The topological polar surface area (TPSA) is 43.7 Å². The normalized spacial score (nSPS) is 27.0. The van der Waals surface area contributed by atoms with Crippen LogP contribution in [0.1, 0.15) is 40.5 Å². The molecule has 0 bridgehead atoms. The maximum Gasteiger partial charge on any atom is 0.0460 e. The van der Waals surface area contributed by atoms with Gasteiger partial charge in [-0.2, -0.15) is 5.06 Å². The molecule has 1 rings (SSSR count). The molecule has 0 aliphatic carbocycles. The van der Waals surface area contributed by atoms with Gasteiger partial charge in [0.25, 0.3) is 0 Å². The Hall–Kier alpha value is 0.170. The number of hydroxylamine groups is 2. The highest BCUT2D eigenvalue weighted by molar-refractivity contribution is 5.85. The second kappa shape index (κ2) is 4.35. The first-order valence-corrected chi connectivity index (χ1v) is 4.90. The summed E-state index contributed by atoms with van der Waals surface area (Å²) in [4.78, 5) is 0. The number of piperidine rings is 1. The van der Waals surface area contributed by atoms with E-state index in [0.29, 0.717) is 5.92 Å². The predicted molar refractivity (Wildman–Crippen MR) is 58.8 cm³/mol. The monoisotopic (exact) mass is 223 g/mol. The number of nitrogens with zero attached hydrogens (tertiary/aromatic N) is 1. The number of hydrogen-bond donors (Lipinski definition) is 2. The van der Waals surface area contributed by atoms with Gasteiger partial charge in [-0.15, -0.1) is 12.4 Å².